The minimum Gasteiger partial charge on any atom is -0.481 e. The molecule has 0 aliphatic carbocycles. The zero-order valence-electron chi connectivity index (χ0n) is 32.3. The van der Waals surface area contributed by atoms with Gasteiger partial charge < -0.3 is 74.8 Å². The summed E-state index contributed by atoms with van der Waals surface area (Å²) in [7, 11) is 0. The topological polar surface area (TPSA) is 421 Å². The van der Waals surface area contributed by atoms with Gasteiger partial charge in [-0.05, 0) is 51.5 Å². The first kappa shape index (κ1) is 51.4. The molecule has 0 bridgehead atoms. The summed E-state index contributed by atoms with van der Waals surface area (Å²) in [6.07, 6.45) is -0.541. The standard InChI is InChI=1S/C33H59N11O13/c1-4-16(2)25(31(55)41-20(32(56)57)9-7-13-38-33(36)37)44-29(53)21(14-24(48)49)42-28(52)19(10-11-23(46)47)40-30(54)22(15-45)43-26(50)17(3)39-27(51)18(35)8-5-6-12-34/h16-22,25,45H,4-15,34-35H2,1-3H3,(H,39,51)(H,40,54)(H,41,55)(H,42,52)(H,43,50)(H,44,53)(H,46,47)(H,48,49)(H,56,57)(H4,36,37,38)/t16-,17-,18-,19-,20-,21-,22-,25-/m0/s1. The first-order chi connectivity index (χ1) is 26.7. The Hall–Kier alpha value is -5.62. The Balaban J connectivity index is 6.02. The lowest BCUT2D eigenvalue weighted by atomic mass is 9.97. The maximum atomic E-state index is 13.4. The minimum absolute atomic E-state index is 0.0925. The second kappa shape index (κ2) is 27.1. The van der Waals surface area contributed by atoms with E-state index in [1.807, 2.05) is 0 Å². The number of aliphatic hydroxyl groups excluding tert-OH is 1. The van der Waals surface area contributed by atoms with Gasteiger partial charge in [0, 0.05) is 13.0 Å². The summed E-state index contributed by atoms with van der Waals surface area (Å²) in [5.74, 6) is -11.5. The van der Waals surface area contributed by atoms with Gasteiger partial charge in [0.25, 0.3) is 0 Å². The zero-order chi connectivity index (χ0) is 43.8. The summed E-state index contributed by atoms with van der Waals surface area (Å²) in [5.41, 5.74) is 16.5. The van der Waals surface area contributed by atoms with Gasteiger partial charge >= 0.3 is 17.9 Å². The van der Waals surface area contributed by atoms with Gasteiger partial charge in [0.2, 0.25) is 35.4 Å². The Bertz CT molecular complexity index is 1420. The number of amides is 6. The highest BCUT2D eigenvalue weighted by Gasteiger charge is 2.35. The molecule has 6 amide bonds. The molecule has 0 unspecified atom stereocenters. The molecule has 0 aromatic rings. The predicted molar refractivity (Wildman–Crippen MR) is 201 cm³/mol. The molecule has 0 aliphatic heterocycles. The molecule has 0 saturated heterocycles. The molecule has 0 radical (unpaired) electrons. The van der Waals surface area contributed by atoms with Crippen molar-refractivity contribution in [2.75, 3.05) is 19.7 Å². The first-order valence-corrected chi connectivity index (χ1v) is 18.3. The molecule has 0 rings (SSSR count). The highest BCUT2D eigenvalue weighted by Crippen LogP contribution is 2.11. The third-order valence-electron chi connectivity index (χ3n) is 8.56. The summed E-state index contributed by atoms with van der Waals surface area (Å²) < 4.78 is 0. The molecule has 324 valence electrons. The van der Waals surface area contributed by atoms with Crippen LogP contribution in [0.5, 0.6) is 0 Å². The lowest BCUT2D eigenvalue weighted by Crippen LogP contribution is -2.61. The Morgan fingerprint density at radius 3 is 1.74 bits per heavy atom. The quantitative estimate of drug-likeness (QED) is 0.0191. The Labute approximate surface area is 329 Å². The monoisotopic (exact) mass is 817 g/mol. The molecule has 0 aliphatic rings. The largest absolute Gasteiger partial charge is 0.481 e. The van der Waals surface area contributed by atoms with Gasteiger partial charge in [-0.3, -0.25) is 43.8 Å². The molecular formula is C33H59N11O13. The normalized spacial score (nSPS) is 15.1. The van der Waals surface area contributed by atoms with E-state index in [0.29, 0.717) is 19.4 Å². The molecule has 57 heavy (non-hydrogen) atoms. The number of unbranched alkanes of at least 4 members (excludes halogenated alkanes) is 1. The smallest absolute Gasteiger partial charge is 0.326 e. The molecule has 0 spiro atoms. The molecule has 0 heterocycles. The van der Waals surface area contributed by atoms with Gasteiger partial charge in [-0.25, -0.2) is 4.79 Å². The fraction of sp³-hybridized carbons (Fsp3) is 0.697. The van der Waals surface area contributed by atoms with Gasteiger partial charge in [-0.2, -0.15) is 0 Å². The van der Waals surface area contributed by atoms with Crippen molar-refractivity contribution in [2.45, 2.75) is 121 Å². The number of carbonyl (C=O) groups is 9. The minimum atomic E-state index is -1.91. The fourth-order valence-electron chi connectivity index (χ4n) is 4.99. The van der Waals surface area contributed by atoms with E-state index in [0.717, 1.165) is 0 Å². The van der Waals surface area contributed by atoms with Crippen LogP contribution in [-0.4, -0.2) is 142 Å². The Morgan fingerprint density at radius 1 is 0.649 bits per heavy atom. The van der Waals surface area contributed by atoms with E-state index in [4.69, 9.17) is 22.6 Å². The van der Waals surface area contributed by atoms with Crippen LogP contribution in [0.3, 0.4) is 0 Å². The van der Waals surface area contributed by atoms with Crippen LogP contribution < -0.4 is 54.4 Å². The van der Waals surface area contributed by atoms with E-state index in [9.17, 15) is 63.6 Å². The van der Waals surface area contributed by atoms with Crippen LogP contribution in [0.1, 0.15) is 78.6 Å². The number of carbonyl (C=O) groups excluding carboxylic acids is 6. The second-order valence-corrected chi connectivity index (χ2v) is 13.3. The Morgan fingerprint density at radius 2 is 1.21 bits per heavy atom. The number of rotatable bonds is 29. The zero-order valence-corrected chi connectivity index (χ0v) is 32.3. The third-order valence-corrected chi connectivity index (χ3v) is 8.56. The fourth-order valence-corrected chi connectivity index (χ4v) is 4.99. The number of hydrogen-bond acceptors (Lipinski definition) is 13. The maximum Gasteiger partial charge on any atom is 0.326 e. The number of aliphatic carboxylic acids is 3. The molecule has 24 nitrogen and oxygen atoms in total. The number of nitrogens with one attached hydrogen (secondary N) is 8. The molecule has 0 saturated carbocycles. The van der Waals surface area contributed by atoms with Crippen molar-refractivity contribution >= 4 is 59.3 Å². The van der Waals surface area contributed by atoms with Crippen molar-refractivity contribution in [1.29, 1.82) is 5.41 Å². The van der Waals surface area contributed by atoms with Crippen LogP contribution >= 0.6 is 0 Å². The van der Waals surface area contributed by atoms with Crippen molar-refractivity contribution in [3.8, 4) is 0 Å². The molecule has 0 aromatic heterocycles. The van der Waals surface area contributed by atoms with E-state index in [-0.39, 0.29) is 38.2 Å². The number of aliphatic hydroxyl groups is 1. The predicted octanol–water partition coefficient (Wildman–Crippen LogP) is -4.90. The summed E-state index contributed by atoms with van der Waals surface area (Å²) in [5, 5.41) is 61.5. The summed E-state index contributed by atoms with van der Waals surface area (Å²) in [6, 6.07) is -10.5. The molecular weight excluding hydrogens is 758 g/mol. The number of guanidine groups is 1. The molecule has 24 heteroatoms. The third kappa shape index (κ3) is 20.8. The number of carboxylic acid groups (broad SMARTS) is 3. The van der Waals surface area contributed by atoms with E-state index < -0.39 is 127 Å². The van der Waals surface area contributed by atoms with Gasteiger partial charge in [-0.15, -0.1) is 0 Å². The van der Waals surface area contributed by atoms with E-state index in [1.165, 1.54) is 6.92 Å². The van der Waals surface area contributed by atoms with Crippen molar-refractivity contribution in [2.24, 2.45) is 23.1 Å². The van der Waals surface area contributed by atoms with Crippen LogP contribution in [0.15, 0.2) is 0 Å². The highest BCUT2D eigenvalue weighted by atomic mass is 16.4. The van der Waals surface area contributed by atoms with E-state index in [1.54, 1.807) is 13.8 Å². The van der Waals surface area contributed by atoms with Gasteiger partial charge in [0.1, 0.15) is 36.3 Å². The average Bonchev–Trinajstić information content (AvgIpc) is 3.13. The summed E-state index contributed by atoms with van der Waals surface area (Å²) >= 11 is 0. The van der Waals surface area contributed by atoms with Gasteiger partial charge in [-0.1, -0.05) is 26.7 Å². The summed E-state index contributed by atoms with van der Waals surface area (Å²) in [6.45, 7) is 3.99. The van der Waals surface area contributed by atoms with Crippen molar-refractivity contribution in [3.63, 3.8) is 0 Å². The van der Waals surface area contributed by atoms with Gasteiger partial charge in [0.15, 0.2) is 5.96 Å². The molecule has 8 atom stereocenters. The first-order valence-electron chi connectivity index (χ1n) is 18.3. The molecule has 0 aromatic carbocycles. The van der Waals surface area contributed by atoms with Crippen molar-refractivity contribution in [3.05, 3.63) is 0 Å². The van der Waals surface area contributed by atoms with Crippen molar-refractivity contribution < 1.29 is 63.6 Å². The van der Waals surface area contributed by atoms with Crippen LogP contribution in [0.2, 0.25) is 0 Å². The van der Waals surface area contributed by atoms with Crippen LogP contribution in [0, 0.1) is 11.3 Å². The summed E-state index contributed by atoms with van der Waals surface area (Å²) in [4.78, 5) is 113. The van der Waals surface area contributed by atoms with Crippen LogP contribution in [-0.2, 0) is 43.2 Å². The van der Waals surface area contributed by atoms with Crippen LogP contribution in [0.4, 0.5) is 0 Å². The lowest BCUT2D eigenvalue weighted by molar-refractivity contribution is -0.144. The van der Waals surface area contributed by atoms with E-state index >= 15 is 0 Å². The number of nitrogens with two attached hydrogens (primary N) is 3. The van der Waals surface area contributed by atoms with E-state index in [2.05, 4.69) is 37.2 Å². The lowest BCUT2D eigenvalue weighted by Gasteiger charge is -2.28. The second-order valence-electron chi connectivity index (χ2n) is 13.3. The Kier molecular flexibility index (Phi) is 24.4. The van der Waals surface area contributed by atoms with Crippen LogP contribution in [0.25, 0.3) is 0 Å². The number of carboxylic acids is 3. The van der Waals surface area contributed by atoms with Gasteiger partial charge in [0.05, 0.1) is 19.1 Å². The van der Waals surface area contributed by atoms with Crippen molar-refractivity contribution in [1.82, 2.24) is 37.2 Å². The average molecular weight is 818 g/mol. The molecule has 18 N–H and O–H groups in total. The number of hydrogen-bond donors (Lipinski definition) is 15. The highest BCUT2D eigenvalue weighted by molar-refractivity contribution is 5.98. The molecule has 0 fully saturated rings. The SMILES string of the molecule is CC[C@H](C)[C@H](NC(=O)[C@H](CC(=O)O)NC(=O)[C@H](CCC(=O)O)NC(=O)[C@H](CO)NC(=O)[C@H](C)NC(=O)[C@@H](N)CCCCN)C(=O)N[C@@H](CCCNC(=N)N)C(=O)O. The maximum absolute atomic E-state index is 13.4.